The first-order valence-corrected chi connectivity index (χ1v) is 9.42. The predicted octanol–water partition coefficient (Wildman–Crippen LogP) is 3.33. The minimum Gasteiger partial charge on any atom is -0.493 e. The molecule has 8 nitrogen and oxygen atoms in total. The maximum atomic E-state index is 12.4. The normalized spacial score (nSPS) is 11.7. The molecule has 0 atom stereocenters. The Bertz CT molecular complexity index is 918. The van der Waals surface area contributed by atoms with Crippen molar-refractivity contribution < 1.29 is 28.5 Å². The third kappa shape index (κ3) is 4.83. The molecule has 29 heavy (non-hydrogen) atoms. The number of ether oxygens (including phenoxy) is 4. The molecule has 0 bridgehead atoms. The summed E-state index contributed by atoms with van der Waals surface area (Å²) in [6.07, 6.45) is 1.84. The third-order valence-electron chi connectivity index (χ3n) is 4.16. The molecule has 0 unspecified atom stereocenters. The summed E-state index contributed by atoms with van der Waals surface area (Å²) in [5.41, 5.74) is 5.22. The smallest absolute Gasteiger partial charge is 0.269 e. The Balaban J connectivity index is 1.65. The topological polar surface area (TPSA) is 95.1 Å². The van der Waals surface area contributed by atoms with Crippen LogP contribution in [0.4, 0.5) is 0 Å². The first kappa shape index (κ1) is 20.6. The molecule has 1 aliphatic heterocycles. The van der Waals surface area contributed by atoms with E-state index in [4.69, 9.17) is 30.5 Å². The van der Waals surface area contributed by atoms with Gasteiger partial charge in [-0.15, -0.1) is 0 Å². The summed E-state index contributed by atoms with van der Waals surface area (Å²) >= 11 is 6.25. The SMILES string of the molecule is CCCCOc1c(Cl)cc(C(=O)NNC(=O)c2ccc3c(c2)OCO3)cc1OC. The molecular formula is C20H21ClN2O6. The first-order valence-electron chi connectivity index (χ1n) is 9.04. The summed E-state index contributed by atoms with van der Waals surface area (Å²) in [5.74, 6) is 0.686. The Labute approximate surface area is 173 Å². The maximum absolute atomic E-state index is 12.4. The van der Waals surface area contributed by atoms with E-state index in [-0.39, 0.29) is 17.4 Å². The molecule has 1 aliphatic rings. The van der Waals surface area contributed by atoms with Crippen LogP contribution in [-0.2, 0) is 0 Å². The number of fused-ring (bicyclic) bond motifs is 1. The largest absolute Gasteiger partial charge is 0.493 e. The Morgan fingerprint density at radius 3 is 2.52 bits per heavy atom. The summed E-state index contributed by atoms with van der Waals surface area (Å²) in [7, 11) is 1.46. The zero-order chi connectivity index (χ0) is 20.8. The van der Waals surface area contributed by atoms with Gasteiger partial charge in [-0.2, -0.15) is 0 Å². The third-order valence-corrected chi connectivity index (χ3v) is 4.44. The first-order chi connectivity index (χ1) is 14.0. The zero-order valence-electron chi connectivity index (χ0n) is 16.0. The fourth-order valence-electron chi connectivity index (χ4n) is 2.61. The van der Waals surface area contributed by atoms with E-state index in [1.54, 1.807) is 12.1 Å². The highest BCUT2D eigenvalue weighted by molar-refractivity contribution is 6.32. The van der Waals surface area contributed by atoms with Crippen molar-refractivity contribution in [2.24, 2.45) is 0 Å². The van der Waals surface area contributed by atoms with Crippen molar-refractivity contribution in [3.63, 3.8) is 0 Å². The van der Waals surface area contributed by atoms with Crippen LogP contribution in [-0.4, -0.2) is 32.3 Å². The van der Waals surface area contributed by atoms with Gasteiger partial charge >= 0.3 is 0 Å². The number of methoxy groups -OCH3 is 1. The van der Waals surface area contributed by atoms with E-state index in [0.29, 0.717) is 35.2 Å². The Hall–Kier alpha value is -3.13. The van der Waals surface area contributed by atoms with Crippen LogP contribution in [0.25, 0.3) is 0 Å². The second-order valence-electron chi connectivity index (χ2n) is 6.17. The molecule has 2 N–H and O–H groups in total. The minimum absolute atomic E-state index is 0.109. The average molecular weight is 421 g/mol. The van der Waals surface area contributed by atoms with Gasteiger partial charge in [0.15, 0.2) is 23.0 Å². The van der Waals surface area contributed by atoms with Gasteiger partial charge in [0.25, 0.3) is 11.8 Å². The highest BCUT2D eigenvalue weighted by Gasteiger charge is 2.18. The van der Waals surface area contributed by atoms with Crippen molar-refractivity contribution in [1.29, 1.82) is 0 Å². The van der Waals surface area contributed by atoms with E-state index in [1.165, 1.54) is 25.3 Å². The second kappa shape index (κ2) is 9.38. The van der Waals surface area contributed by atoms with Crippen LogP contribution < -0.4 is 29.8 Å². The van der Waals surface area contributed by atoms with Gasteiger partial charge < -0.3 is 18.9 Å². The molecule has 1 heterocycles. The highest BCUT2D eigenvalue weighted by Crippen LogP contribution is 2.36. The van der Waals surface area contributed by atoms with Crippen molar-refractivity contribution in [3.05, 3.63) is 46.5 Å². The van der Waals surface area contributed by atoms with Crippen molar-refractivity contribution in [1.82, 2.24) is 10.9 Å². The van der Waals surface area contributed by atoms with Crippen LogP contribution >= 0.6 is 11.6 Å². The van der Waals surface area contributed by atoms with Crippen LogP contribution in [0, 0.1) is 0 Å². The molecule has 0 saturated carbocycles. The number of nitrogens with one attached hydrogen (secondary N) is 2. The maximum Gasteiger partial charge on any atom is 0.269 e. The van der Waals surface area contributed by atoms with Crippen LogP contribution in [0.15, 0.2) is 30.3 Å². The number of unbranched alkanes of at least 4 members (excludes halogenated alkanes) is 1. The molecule has 0 radical (unpaired) electrons. The lowest BCUT2D eigenvalue weighted by atomic mass is 10.2. The predicted molar refractivity (Wildman–Crippen MR) is 106 cm³/mol. The van der Waals surface area contributed by atoms with Crippen LogP contribution in [0.5, 0.6) is 23.0 Å². The summed E-state index contributed by atoms with van der Waals surface area (Å²) < 4.78 is 21.4. The molecule has 3 rings (SSSR count). The molecule has 2 aromatic rings. The number of carbonyl (C=O) groups is 2. The van der Waals surface area contributed by atoms with Crippen molar-refractivity contribution >= 4 is 23.4 Å². The fourth-order valence-corrected chi connectivity index (χ4v) is 2.87. The minimum atomic E-state index is -0.556. The summed E-state index contributed by atoms with van der Waals surface area (Å²) in [6.45, 7) is 2.65. The number of hydrogen-bond donors (Lipinski definition) is 2. The summed E-state index contributed by atoms with van der Waals surface area (Å²) in [5, 5.41) is 0.243. The van der Waals surface area contributed by atoms with E-state index in [0.717, 1.165) is 12.8 Å². The molecule has 0 fully saturated rings. The summed E-state index contributed by atoms with van der Waals surface area (Å²) in [4.78, 5) is 24.7. The summed E-state index contributed by atoms with van der Waals surface area (Å²) in [6, 6.07) is 7.67. The lowest BCUT2D eigenvalue weighted by Gasteiger charge is -2.14. The van der Waals surface area contributed by atoms with Crippen LogP contribution in [0.3, 0.4) is 0 Å². The molecule has 0 saturated heterocycles. The highest BCUT2D eigenvalue weighted by atomic mass is 35.5. The number of halogens is 1. The van der Waals surface area contributed by atoms with Gasteiger partial charge in [0.2, 0.25) is 6.79 Å². The van der Waals surface area contributed by atoms with Gasteiger partial charge in [-0.3, -0.25) is 20.4 Å². The molecule has 2 aromatic carbocycles. The van der Waals surface area contributed by atoms with Gasteiger partial charge in [-0.05, 0) is 36.8 Å². The molecule has 154 valence electrons. The Morgan fingerprint density at radius 2 is 1.79 bits per heavy atom. The molecule has 0 spiro atoms. The lowest BCUT2D eigenvalue weighted by molar-refractivity contribution is 0.0846. The Kier molecular flexibility index (Phi) is 6.66. The Morgan fingerprint density at radius 1 is 1.07 bits per heavy atom. The van der Waals surface area contributed by atoms with Crippen LogP contribution in [0.1, 0.15) is 40.5 Å². The van der Waals surface area contributed by atoms with E-state index in [1.807, 2.05) is 6.92 Å². The molecule has 0 aliphatic carbocycles. The number of benzene rings is 2. The van der Waals surface area contributed by atoms with Gasteiger partial charge in [-0.25, -0.2) is 0 Å². The van der Waals surface area contributed by atoms with Crippen molar-refractivity contribution in [2.75, 3.05) is 20.5 Å². The number of hydrazine groups is 1. The molecule has 0 aromatic heterocycles. The number of amides is 2. The van der Waals surface area contributed by atoms with Crippen molar-refractivity contribution in [2.45, 2.75) is 19.8 Å². The second-order valence-corrected chi connectivity index (χ2v) is 6.57. The van der Waals surface area contributed by atoms with E-state index in [2.05, 4.69) is 10.9 Å². The lowest BCUT2D eigenvalue weighted by Crippen LogP contribution is -2.41. The van der Waals surface area contributed by atoms with Crippen molar-refractivity contribution in [3.8, 4) is 23.0 Å². The van der Waals surface area contributed by atoms with Gasteiger partial charge in [-0.1, -0.05) is 24.9 Å². The van der Waals surface area contributed by atoms with Gasteiger partial charge in [0, 0.05) is 11.1 Å². The fraction of sp³-hybridized carbons (Fsp3) is 0.300. The van der Waals surface area contributed by atoms with Crippen LogP contribution in [0.2, 0.25) is 5.02 Å². The molecule has 2 amide bonds. The molecule has 9 heteroatoms. The number of hydrogen-bond acceptors (Lipinski definition) is 6. The van der Waals surface area contributed by atoms with E-state index >= 15 is 0 Å². The monoisotopic (exact) mass is 420 g/mol. The van der Waals surface area contributed by atoms with Gasteiger partial charge in [0.05, 0.1) is 18.7 Å². The van der Waals surface area contributed by atoms with E-state index in [9.17, 15) is 9.59 Å². The average Bonchev–Trinajstić information content (AvgIpc) is 3.20. The number of carbonyl (C=O) groups excluding carboxylic acids is 2. The quantitative estimate of drug-likeness (QED) is 0.527. The zero-order valence-corrected chi connectivity index (χ0v) is 16.8. The number of rotatable bonds is 7. The van der Waals surface area contributed by atoms with Gasteiger partial charge in [0.1, 0.15) is 0 Å². The molecular weight excluding hydrogens is 400 g/mol. The van der Waals surface area contributed by atoms with E-state index < -0.39 is 11.8 Å². The standard InChI is InChI=1S/C20H21ClN2O6/c1-3-4-7-27-18-14(21)8-13(10-17(18)26-2)20(25)23-22-19(24)12-5-6-15-16(9-12)29-11-28-15/h5-6,8-10H,3-4,7,11H2,1-2H3,(H,22,24)(H,23,25).